The lowest BCUT2D eigenvalue weighted by Gasteiger charge is -2.26. The molecule has 2 nitrogen and oxygen atoms in total. The van der Waals surface area contributed by atoms with E-state index in [0.29, 0.717) is 28.3 Å². The molecule has 0 saturated carbocycles. The van der Waals surface area contributed by atoms with Gasteiger partial charge in [0.1, 0.15) is 0 Å². The molecule has 0 aliphatic carbocycles. The first-order valence-corrected chi connectivity index (χ1v) is 6.97. The lowest BCUT2D eigenvalue weighted by molar-refractivity contribution is -0.128. The van der Waals surface area contributed by atoms with Gasteiger partial charge in [-0.3, -0.25) is 4.79 Å². The van der Waals surface area contributed by atoms with E-state index in [1.54, 1.807) is 11.8 Å². The molecule has 2 rings (SSSR count). The minimum atomic E-state index is 0.214. The summed E-state index contributed by atoms with van der Waals surface area (Å²) in [5.74, 6) is 1.56. The van der Waals surface area contributed by atoms with Crippen LogP contribution >= 0.6 is 23.5 Å². The van der Waals surface area contributed by atoms with E-state index in [1.165, 1.54) is 0 Å². The smallest absolute Gasteiger partial charge is 0.234 e. The van der Waals surface area contributed by atoms with Gasteiger partial charge in [-0.2, -0.15) is 0 Å². The average molecular weight is 231 g/mol. The SMILES string of the molecule is CC(C)[C@H]1SC(C)(C)[C@H]2SCC(=O)N12. The van der Waals surface area contributed by atoms with Crippen molar-refractivity contribution in [2.24, 2.45) is 5.92 Å². The zero-order valence-electron chi connectivity index (χ0n) is 9.11. The molecule has 2 atom stereocenters. The second kappa shape index (κ2) is 3.34. The summed E-state index contributed by atoms with van der Waals surface area (Å²) in [7, 11) is 0. The number of nitrogens with zero attached hydrogens (tertiary/aromatic N) is 1. The highest BCUT2D eigenvalue weighted by Gasteiger charge is 2.53. The molecule has 2 aliphatic heterocycles. The molecule has 0 aromatic rings. The number of rotatable bonds is 1. The zero-order chi connectivity index (χ0) is 10.5. The molecule has 1 amide bonds. The Morgan fingerprint density at radius 1 is 1.50 bits per heavy atom. The van der Waals surface area contributed by atoms with Gasteiger partial charge in [-0.05, 0) is 19.8 Å². The second-order valence-electron chi connectivity index (χ2n) is 4.82. The Bertz CT molecular complexity index is 265. The van der Waals surface area contributed by atoms with E-state index < -0.39 is 0 Å². The normalized spacial score (nSPS) is 35.5. The molecule has 2 fully saturated rings. The van der Waals surface area contributed by atoms with E-state index >= 15 is 0 Å². The zero-order valence-corrected chi connectivity index (χ0v) is 10.7. The van der Waals surface area contributed by atoms with E-state index in [1.807, 2.05) is 11.8 Å². The third kappa shape index (κ3) is 1.47. The number of amides is 1. The largest absolute Gasteiger partial charge is 0.316 e. The molecule has 2 aliphatic rings. The van der Waals surface area contributed by atoms with E-state index in [-0.39, 0.29) is 4.75 Å². The van der Waals surface area contributed by atoms with E-state index in [2.05, 4.69) is 32.6 Å². The van der Waals surface area contributed by atoms with Crippen molar-refractivity contribution in [1.82, 2.24) is 4.90 Å². The molecule has 0 N–H and O–H groups in total. The predicted molar refractivity (Wildman–Crippen MR) is 63.4 cm³/mol. The highest BCUT2D eigenvalue weighted by Crippen LogP contribution is 2.53. The van der Waals surface area contributed by atoms with Gasteiger partial charge in [-0.1, -0.05) is 13.8 Å². The van der Waals surface area contributed by atoms with Crippen molar-refractivity contribution < 1.29 is 4.79 Å². The Hall–Kier alpha value is 0.170. The summed E-state index contributed by atoms with van der Waals surface area (Å²) in [4.78, 5) is 13.9. The van der Waals surface area contributed by atoms with E-state index in [4.69, 9.17) is 0 Å². The van der Waals surface area contributed by atoms with Gasteiger partial charge in [0.2, 0.25) is 5.91 Å². The summed E-state index contributed by atoms with van der Waals surface area (Å²) in [6.07, 6.45) is 0. The summed E-state index contributed by atoms with van der Waals surface area (Å²) >= 11 is 3.76. The lowest BCUT2D eigenvalue weighted by Crippen LogP contribution is -2.40. The van der Waals surface area contributed by atoms with Gasteiger partial charge in [0, 0.05) is 4.75 Å². The van der Waals surface area contributed by atoms with Gasteiger partial charge in [0.15, 0.2) is 0 Å². The van der Waals surface area contributed by atoms with Crippen molar-refractivity contribution in [3.8, 4) is 0 Å². The molecule has 0 unspecified atom stereocenters. The van der Waals surface area contributed by atoms with Crippen LogP contribution in [0, 0.1) is 5.92 Å². The predicted octanol–water partition coefficient (Wildman–Crippen LogP) is 2.40. The first kappa shape index (κ1) is 10.7. The van der Waals surface area contributed by atoms with E-state index in [0.717, 1.165) is 0 Å². The van der Waals surface area contributed by atoms with Crippen LogP contribution in [0.4, 0.5) is 0 Å². The molecular weight excluding hydrogens is 214 g/mol. The van der Waals surface area contributed by atoms with Gasteiger partial charge >= 0.3 is 0 Å². The second-order valence-corrected chi connectivity index (χ2v) is 7.66. The maximum absolute atomic E-state index is 11.8. The third-order valence-corrected chi connectivity index (χ3v) is 6.31. The molecule has 0 aromatic heterocycles. The van der Waals surface area contributed by atoms with Crippen LogP contribution in [0.15, 0.2) is 0 Å². The van der Waals surface area contributed by atoms with Gasteiger partial charge < -0.3 is 4.90 Å². The Labute approximate surface area is 94.2 Å². The van der Waals surface area contributed by atoms with Crippen LogP contribution in [0.25, 0.3) is 0 Å². The molecule has 0 radical (unpaired) electrons. The van der Waals surface area contributed by atoms with Crippen LogP contribution in [0.1, 0.15) is 27.7 Å². The number of thioether (sulfide) groups is 2. The quantitative estimate of drug-likeness (QED) is 0.691. The van der Waals surface area contributed by atoms with Crippen LogP contribution < -0.4 is 0 Å². The van der Waals surface area contributed by atoms with Crippen LogP contribution in [0.5, 0.6) is 0 Å². The van der Waals surface area contributed by atoms with Gasteiger partial charge in [0.25, 0.3) is 0 Å². The van der Waals surface area contributed by atoms with Crippen LogP contribution in [-0.2, 0) is 4.79 Å². The lowest BCUT2D eigenvalue weighted by atomic mass is 10.1. The topological polar surface area (TPSA) is 20.3 Å². The molecule has 2 heterocycles. The van der Waals surface area contributed by atoms with Crippen molar-refractivity contribution in [2.45, 2.75) is 43.2 Å². The molecule has 0 aromatic carbocycles. The molecule has 80 valence electrons. The fraction of sp³-hybridized carbons (Fsp3) is 0.900. The van der Waals surface area contributed by atoms with Crippen LogP contribution in [0.2, 0.25) is 0 Å². The Morgan fingerprint density at radius 3 is 2.71 bits per heavy atom. The number of carbonyl (C=O) groups is 1. The van der Waals surface area contributed by atoms with Crippen LogP contribution in [-0.4, -0.2) is 32.1 Å². The minimum absolute atomic E-state index is 0.214. The fourth-order valence-corrected chi connectivity index (χ4v) is 5.32. The minimum Gasteiger partial charge on any atom is -0.316 e. The van der Waals surface area contributed by atoms with Crippen molar-refractivity contribution in [1.29, 1.82) is 0 Å². The molecule has 2 saturated heterocycles. The summed E-state index contributed by atoms with van der Waals surface area (Å²) < 4.78 is 0.214. The number of hydrogen-bond acceptors (Lipinski definition) is 3. The van der Waals surface area contributed by atoms with Crippen molar-refractivity contribution >= 4 is 29.4 Å². The van der Waals surface area contributed by atoms with Gasteiger partial charge in [-0.25, -0.2) is 0 Å². The number of fused-ring (bicyclic) bond motifs is 1. The summed E-state index contributed by atoms with van der Waals surface area (Å²) in [6.45, 7) is 8.91. The first-order chi connectivity index (χ1) is 6.43. The standard InChI is InChI=1S/C10H17NOS2/c1-6(2)8-11-7(12)5-13-9(11)10(3,4)14-8/h6,8-9H,5H2,1-4H3/t8-,9-/m1/s1. The summed E-state index contributed by atoms with van der Waals surface area (Å²) in [5.41, 5.74) is 0. The Morgan fingerprint density at radius 2 is 2.14 bits per heavy atom. The fourth-order valence-electron chi connectivity index (χ4n) is 2.13. The maximum Gasteiger partial charge on any atom is 0.234 e. The average Bonchev–Trinajstić information content (AvgIpc) is 2.54. The van der Waals surface area contributed by atoms with Crippen molar-refractivity contribution in [2.75, 3.05) is 5.75 Å². The van der Waals surface area contributed by atoms with Gasteiger partial charge in [-0.15, -0.1) is 23.5 Å². The molecule has 0 bridgehead atoms. The monoisotopic (exact) mass is 231 g/mol. The highest BCUT2D eigenvalue weighted by molar-refractivity contribution is 8.06. The van der Waals surface area contributed by atoms with E-state index in [9.17, 15) is 4.79 Å². The molecule has 0 spiro atoms. The third-order valence-electron chi connectivity index (χ3n) is 2.77. The maximum atomic E-state index is 11.8. The first-order valence-electron chi connectivity index (χ1n) is 5.04. The summed E-state index contributed by atoms with van der Waals surface area (Å²) in [6, 6.07) is 0. The Kier molecular flexibility index (Phi) is 2.55. The van der Waals surface area contributed by atoms with Crippen molar-refractivity contribution in [3.05, 3.63) is 0 Å². The molecular formula is C10H17NOS2. The molecule has 4 heteroatoms. The van der Waals surface area contributed by atoms with Crippen molar-refractivity contribution in [3.63, 3.8) is 0 Å². The number of carbonyl (C=O) groups excluding carboxylic acids is 1. The van der Waals surface area contributed by atoms with Gasteiger partial charge in [0.05, 0.1) is 16.5 Å². The molecule has 14 heavy (non-hydrogen) atoms. The summed E-state index contributed by atoms with van der Waals surface area (Å²) in [5, 5.41) is 0.782. The number of hydrogen-bond donors (Lipinski definition) is 0. The Balaban J connectivity index is 2.28. The van der Waals surface area contributed by atoms with Crippen LogP contribution in [0.3, 0.4) is 0 Å². The highest BCUT2D eigenvalue weighted by atomic mass is 32.2.